The van der Waals surface area contributed by atoms with Crippen LogP contribution in [-0.2, 0) is 10.0 Å². The molecule has 1 aromatic rings. The van der Waals surface area contributed by atoms with Crippen molar-refractivity contribution >= 4 is 10.0 Å². The summed E-state index contributed by atoms with van der Waals surface area (Å²) < 4.78 is 32.4. The van der Waals surface area contributed by atoms with Crippen molar-refractivity contribution in [2.45, 2.75) is 50.7 Å². The molecule has 1 saturated heterocycles. The summed E-state index contributed by atoms with van der Waals surface area (Å²) in [7, 11) is -3.42. The van der Waals surface area contributed by atoms with Crippen molar-refractivity contribution < 1.29 is 13.2 Å². The first-order valence-electron chi connectivity index (χ1n) is 7.83. The van der Waals surface area contributed by atoms with Crippen LogP contribution in [0.5, 0.6) is 5.75 Å². The molecule has 2 N–H and O–H groups in total. The number of rotatable bonds is 5. The van der Waals surface area contributed by atoms with E-state index in [0.717, 1.165) is 12.8 Å². The highest BCUT2D eigenvalue weighted by Crippen LogP contribution is 2.26. The van der Waals surface area contributed by atoms with Crippen LogP contribution < -0.4 is 10.5 Å². The fourth-order valence-electron chi connectivity index (χ4n) is 2.75. The molecular weight excluding hydrogens is 300 g/mol. The molecule has 1 aliphatic heterocycles. The van der Waals surface area contributed by atoms with E-state index in [1.807, 2.05) is 20.8 Å². The van der Waals surface area contributed by atoms with Gasteiger partial charge in [0.15, 0.2) is 0 Å². The van der Waals surface area contributed by atoms with Crippen molar-refractivity contribution in [1.82, 2.24) is 4.31 Å². The first-order valence-corrected chi connectivity index (χ1v) is 9.27. The zero-order chi connectivity index (χ0) is 16.3. The second-order valence-electron chi connectivity index (χ2n) is 6.24. The Morgan fingerprint density at radius 1 is 1.14 bits per heavy atom. The molecule has 0 amide bonds. The van der Waals surface area contributed by atoms with Gasteiger partial charge in [0.25, 0.3) is 0 Å². The molecule has 1 heterocycles. The van der Waals surface area contributed by atoms with Crippen molar-refractivity contribution in [3.8, 4) is 5.75 Å². The summed E-state index contributed by atoms with van der Waals surface area (Å²) in [6.07, 6.45) is 1.72. The molecular formula is C16H26N2O3S. The van der Waals surface area contributed by atoms with Gasteiger partial charge < -0.3 is 10.5 Å². The van der Waals surface area contributed by atoms with Crippen molar-refractivity contribution in [3.05, 3.63) is 24.3 Å². The summed E-state index contributed by atoms with van der Waals surface area (Å²) in [6.45, 7) is 6.94. The minimum Gasteiger partial charge on any atom is -0.491 e. The lowest BCUT2D eigenvalue weighted by molar-refractivity contribution is 0.242. The van der Waals surface area contributed by atoms with E-state index in [9.17, 15) is 8.42 Å². The van der Waals surface area contributed by atoms with Gasteiger partial charge in [-0.25, -0.2) is 8.42 Å². The number of benzene rings is 1. The largest absolute Gasteiger partial charge is 0.491 e. The Balaban J connectivity index is 2.07. The number of nitrogens with zero attached hydrogens (tertiary/aromatic N) is 1. The van der Waals surface area contributed by atoms with Gasteiger partial charge in [0, 0.05) is 19.1 Å². The van der Waals surface area contributed by atoms with Gasteiger partial charge in [0.1, 0.15) is 5.75 Å². The molecule has 124 valence electrons. The van der Waals surface area contributed by atoms with Crippen LogP contribution >= 0.6 is 0 Å². The summed E-state index contributed by atoms with van der Waals surface area (Å²) in [6, 6.07) is 6.77. The molecule has 0 saturated carbocycles. The quantitative estimate of drug-likeness (QED) is 0.900. The van der Waals surface area contributed by atoms with E-state index in [1.54, 1.807) is 28.6 Å². The van der Waals surface area contributed by atoms with Gasteiger partial charge in [0.2, 0.25) is 10.0 Å². The van der Waals surface area contributed by atoms with E-state index in [2.05, 4.69) is 0 Å². The average Bonchev–Trinajstić information content (AvgIpc) is 2.47. The molecule has 2 rings (SSSR count). The maximum Gasteiger partial charge on any atom is 0.243 e. The van der Waals surface area contributed by atoms with Crippen LogP contribution in [0.3, 0.4) is 0 Å². The normalized spacial score (nSPS) is 19.3. The van der Waals surface area contributed by atoms with Gasteiger partial charge in [-0.2, -0.15) is 4.31 Å². The van der Waals surface area contributed by atoms with Crippen LogP contribution in [0.15, 0.2) is 29.2 Å². The molecule has 22 heavy (non-hydrogen) atoms. The van der Waals surface area contributed by atoms with Gasteiger partial charge in [-0.05, 0) is 63.8 Å². The van der Waals surface area contributed by atoms with Crippen molar-refractivity contribution in [3.63, 3.8) is 0 Å². The van der Waals surface area contributed by atoms with E-state index in [0.29, 0.717) is 29.7 Å². The molecule has 1 fully saturated rings. The van der Waals surface area contributed by atoms with Crippen molar-refractivity contribution in [2.75, 3.05) is 13.1 Å². The van der Waals surface area contributed by atoms with Crippen LogP contribution in [0.1, 0.15) is 33.6 Å². The number of piperidine rings is 1. The molecule has 1 unspecified atom stereocenters. The Labute approximate surface area is 133 Å². The zero-order valence-corrected chi connectivity index (χ0v) is 14.3. The van der Waals surface area contributed by atoms with Gasteiger partial charge in [-0.15, -0.1) is 0 Å². The minimum absolute atomic E-state index is 0.0692. The fourth-order valence-corrected chi connectivity index (χ4v) is 4.22. The lowest BCUT2D eigenvalue weighted by Gasteiger charge is -2.32. The van der Waals surface area contributed by atoms with Crippen LogP contribution in [-0.4, -0.2) is 38.0 Å². The van der Waals surface area contributed by atoms with Crippen molar-refractivity contribution in [1.29, 1.82) is 0 Å². The van der Waals surface area contributed by atoms with Crippen LogP contribution in [0.4, 0.5) is 0 Å². The van der Waals surface area contributed by atoms with Gasteiger partial charge in [0.05, 0.1) is 11.0 Å². The summed E-state index contributed by atoms with van der Waals surface area (Å²) >= 11 is 0. The topological polar surface area (TPSA) is 72.6 Å². The number of nitrogens with two attached hydrogens (primary N) is 1. The Morgan fingerprint density at radius 3 is 2.14 bits per heavy atom. The second-order valence-corrected chi connectivity index (χ2v) is 8.18. The molecule has 1 atom stereocenters. The van der Waals surface area contributed by atoms with E-state index in [-0.39, 0.29) is 12.1 Å². The lowest BCUT2D eigenvalue weighted by Crippen LogP contribution is -2.42. The number of ether oxygens (including phenoxy) is 1. The third-order valence-corrected chi connectivity index (χ3v) is 5.99. The molecule has 5 nitrogen and oxygen atoms in total. The Hall–Kier alpha value is -1.11. The van der Waals surface area contributed by atoms with E-state index < -0.39 is 10.0 Å². The standard InChI is InChI=1S/C16H26N2O3S/c1-12(2)21-15-4-6-16(7-5-15)22(19,20)18-10-8-14(9-11-18)13(3)17/h4-7,12-14H,8-11,17H2,1-3H3. The Kier molecular flexibility index (Phi) is 5.47. The van der Waals surface area contributed by atoms with Crippen LogP contribution in [0.2, 0.25) is 0 Å². The molecule has 1 aromatic carbocycles. The monoisotopic (exact) mass is 326 g/mol. The molecule has 6 heteroatoms. The minimum atomic E-state index is -3.42. The third kappa shape index (κ3) is 4.00. The van der Waals surface area contributed by atoms with E-state index in [1.165, 1.54) is 0 Å². The maximum atomic E-state index is 12.7. The third-order valence-electron chi connectivity index (χ3n) is 4.08. The Morgan fingerprint density at radius 2 is 1.68 bits per heavy atom. The van der Waals surface area contributed by atoms with Crippen molar-refractivity contribution in [2.24, 2.45) is 11.7 Å². The van der Waals surface area contributed by atoms with E-state index >= 15 is 0 Å². The summed E-state index contributed by atoms with van der Waals surface area (Å²) in [5.41, 5.74) is 5.91. The SMILES string of the molecule is CC(C)Oc1ccc(S(=O)(=O)N2CCC(C(C)N)CC2)cc1. The molecule has 0 aromatic heterocycles. The predicted molar refractivity (Wildman–Crippen MR) is 87.3 cm³/mol. The molecule has 0 spiro atoms. The Bertz CT molecular complexity index is 574. The number of hydrogen-bond acceptors (Lipinski definition) is 4. The molecule has 0 bridgehead atoms. The smallest absolute Gasteiger partial charge is 0.243 e. The maximum absolute atomic E-state index is 12.7. The highest BCUT2D eigenvalue weighted by molar-refractivity contribution is 7.89. The summed E-state index contributed by atoms with van der Waals surface area (Å²) in [5.74, 6) is 1.10. The average molecular weight is 326 g/mol. The predicted octanol–water partition coefficient (Wildman–Crippen LogP) is 2.22. The first-order chi connectivity index (χ1) is 10.3. The van der Waals surface area contributed by atoms with E-state index in [4.69, 9.17) is 10.5 Å². The number of hydrogen-bond donors (Lipinski definition) is 1. The second kappa shape index (κ2) is 6.98. The fraction of sp³-hybridized carbons (Fsp3) is 0.625. The molecule has 0 aliphatic carbocycles. The van der Waals surface area contributed by atoms with Crippen LogP contribution in [0.25, 0.3) is 0 Å². The van der Waals surface area contributed by atoms with Gasteiger partial charge >= 0.3 is 0 Å². The highest BCUT2D eigenvalue weighted by atomic mass is 32.2. The molecule has 1 aliphatic rings. The van der Waals surface area contributed by atoms with Crippen LogP contribution in [0, 0.1) is 5.92 Å². The lowest BCUT2D eigenvalue weighted by atomic mass is 9.92. The van der Waals surface area contributed by atoms with Gasteiger partial charge in [-0.3, -0.25) is 0 Å². The van der Waals surface area contributed by atoms with Gasteiger partial charge in [-0.1, -0.05) is 0 Å². The summed E-state index contributed by atoms with van der Waals surface area (Å²) in [5, 5.41) is 0. The highest BCUT2D eigenvalue weighted by Gasteiger charge is 2.30. The first kappa shape index (κ1) is 17.2. The summed E-state index contributed by atoms with van der Waals surface area (Å²) in [4.78, 5) is 0.322. The molecule has 0 radical (unpaired) electrons. The number of sulfonamides is 1. The zero-order valence-electron chi connectivity index (χ0n) is 13.5.